The average Bonchev–Trinajstić information content (AvgIpc) is 3.16. The number of carbonyl (C=O) groups excluding carboxylic acids is 2. The van der Waals surface area contributed by atoms with Crippen LogP contribution in [0.5, 0.6) is 0 Å². The summed E-state index contributed by atoms with van der Waals surface area (Å²) in [7, 11) is 0. The van der Waals surface area contributed by atoms with Crippen LogP contribution in [-0.2, 0) is 4.79 Å². The Balaban J connectivity index is 2.08. The van der Waals surface area contributed by atoms with Gasteiger partial charge in [-0.15, -0.1) is 11.3 Å². The number of carbonyl (C=O) groups is 2. The molecule has 1 aliphatic carbocycles. The van der Waals surface area contributed by atoms with Crippen LogP contribution in [0, 0.1) is 13.8 Å². The molecule has 0 saturated heterocycles. The van der Waals surface area contributed by atoms with Gasteiger partial charge in [0, 0.05) is 10.9 Å². The number of primary amides is 1. The van der Waals surface area contributed by atoms with Crippen LogP contribution in [0.25, 0.3) is 10.2 Å². The quantitative estimate of drug-likeness (QED) is 0.612. The Labute approximate surface area is 159 Å². The van der Waals surface area contributed by atoms with Gasteiger partial charge in [0.05, 0.1) is 10.6 Å². The van der Waals surface area contributed by atoms with Crippen LogP contribution in [0.1, 0.15) is 49.1 Å². The Morgan fingerprint density at radius 2 is 2.00 bits per heavy atom. The third-order valence-electron chi connectivity index (χ3n) is 4.79. The molecule has 0 bridgehead atoms. The summed E-state index contributed by atoms with van der Waals surface area (Å²) in [5.41, 5.74) is 5.97. The minimum atomic E-state index is -0.886. The van der Waals surface area contributed by atoms with E-state index < -0.39 is 17.2 Å². The van der Waals surface area contributed by atoms with Crippen molar-refractivity contribution in [2.45, 2.75) is 62.9 Å². The van der Waals surface area contributed by atoms with Gasteiger partial charge in [0.2, 0.25) is 5.91 Å². The highest BCUT2D eigenvalue weighted by molar-refractivity contribution is 8.00. The fraction of sp³-hybridized carbons (Fsp3) is 0.529. The van der Waals surface area contributed by atoms with E-state index in [-0.39, 0.29) is 11.6 Å². The third-order valence-corrected chi connectivity index (χ3v) is 6.96. The van der Waals surface area contributed by atoms with Crippen LogP contribution in [0.2, 0.25) is 0 Å². The second kappa shape index (κ2) is 7.40. The number of rotatable bonds is 4. The summed E-state index contributed by atoms with van der Waals surface area (Å²) >= 11 is 2.68. The van der Waals surface area contributed by atoms with Gasteiger partial charge in [0.25, 0.3) is 5.56 Å². The number of amides is 3. The van der Waals surface area contributed by atoms with Crippen LogP contribution in [0.15, 0.2) is 9.95 Å². The SMILES string of the molecule is Cc1sc2nc(S[C@H](C)C(=O)NC(N)=O)n(C3CCCC3)c(=O)c2c1C. The summed E-state index contributed by atoms with van der Waals surface area (Å²) in [5.74, 6) is -0.492. The largest absolute Gasteiger partial charge is 0.351 e. The van der Waals surface area contributed by atoms with E-state index in [0.717, 1.165) is 36.1 Å². The number of hydrogen-bond donors (Lipinski definition) is 2. The zero-order chi connectivity index (χ0) is 19.0. The van der Waals surface area contributed by atoms with Gasteiger partial charge in [0.1, 0.15) is 4.83 Å². The summed E-state index contributed by atoms with van der Waals surface area (Å²) < 4.78 is 1.76. The molecule has 1 fully saturated rings. The number of urea groups is 1. The van der Waals surface area contributed by atoms with Crippen molar-refractivity contribution < 1.29 is 9.59 Å². The minimum Gasteiger partial charge on any atom is -0.351 e. The van der Waals surface area contributed by atoms with Gasteiger partial charge in [-0.1, -0.05) is 24.6 Å². The van der Waals surface area contributed by atoms with Crippen molar-refractivity contribution in [1.82, 2.24) is 14.9 Å². The molecule has 1 saturated carbocycles. The average molecular weight is 395 g/mol. The van der Waals surface area contributed by atoms with Crippen molar-refractivity contribution in [1.29, 1.82) is 0 Å². The van der Waals surface area contributed by atoms with Crippen LogP contribution in [-0.4, -0.2) is 26.7 Å². The fourth-order valence-corrected chi connectivity index (χ4v) is 5.34. The van der Waals surface area contributed by atoms with Gasteiger partial charge in [-0.05, 0) is 39.2 Å². The molecule has 3 N–H and O–H groups in total. The Morgan fingerprint density at radius 3 is 2.62 bits per heavy atom. The maximum absolute atomic E-state index is 13.2. The number of hydrogen-bond acceptors (Lipinski definition) is 6. The molecular weight excluding hydrogens is 372 g/mol. The van der Waals surface area contributed by atoms with Crippen LogP contribution in [0.3, 0.4) is 0 Å². The first-order chi connectivity index (χ1) is 12.3. The van der Waals surface area contributed by atoms with Crippen molar-refractivity contribution in [3.8, 4) is 0 Å². The maximum atomic E-state index is 13.2. The second-order valence-corrected chi connectivity index (χ2v) is 9.10. The highest BCUT2D eigenvalue weighted by Crippen LogP contribution is 2.35. The smallest absolute Gasteiger partial charge is 0.318 e. The van der Waals surface area contributed by atoms with E-state index in [1.54, 1.807) is 11.5 Å². The van der Waals surface area contributed by atoms with Gasteiger partial charge in [-0.2, -0.15) is 0 Å². The molecule has 2 aromatic rings. The van der Waals surface area contributed by atoms with E-state index in [0.29, 0.717) is 15.4 Å². The first kappa shape index (κ1) is 18.9. The lowest BCUT2D eigenvalue weighted by Crippen LogP contribution is -2.39. The minimum absolute atomic E-state index is 0.0336. The van der Waals surface area contributed by atoms with Gasteiger partial charge < -0.3 is 5.73 Å². The van der Waals surface area contributed by atoms with E-state index in [1.807, 2.05) is 13.8 Å². The zero-order valence-electron chi connectivity index (χ0n) is 15.0. The Bertz CT molecular complexity index is 928. The molecular formula is C17H22N4O3S2. The van der Waals surface area contributed by atoms with Gasteiger partial charge >= 0.3 is 6.03 Å². The van der Waals surface area contributed by atoms with E-state index in [1.165, 1.54) is 23.1 Å². The normalized spacial score (nSPS) is 16.1. The topological polar surface area (TPSA) is 107 Å². The number of thioether (sulfide) groups is 1. The van der Waals surface area contributed by atoms with Crippen molar-refractivity contribution in [3.63, 3.8) is 0 Å². The Morgan fingerprint density at radius 1 is 1.35 bits per heavy atom. The second-order valence-electron chi connectivity index (χ2n) is 6.58. The molecule has 2 aromatic heterocycles. The summed E-state index contributed by atoms with van der Waals surface area (Å²) in [5, 5.41) is 2.70. The highest BCUT2D eigenvalue weighted by Gasteiger charge is 2.27. The van der Waals surface area contributed by atoms with Crippen LogP contribution >= 0.6 is 23.1 Å². The summed E-state index contributed by atoms with van der Waals surface area (Å²) in [6.07, 6.45) is 4.03. The predicted octanol–water partition coefficient (Wildman–Crippen LogP) is 2.87. The van der Waals surface area contributed by atoms with E-state index >= 15 is 0 Å². The molecule has 0 unspecified atom stereocenters. The number of imide groups is 1. The van der Waals surface area contributed by atoms with Crippen LogP contribution < -0.4 is 16.6 Å². The molecule has 3 amide bonds. The number of nitrogens with one attached hydrogen (secondary N) is 1. The number of thiophene rings is 1. The number of aryl methyl sites for hydroxylation is 2. The predicted molar refractivity (Wildman–Crippen MR) is 104 cm³/mol. The Hall–Kier alpha value is -1.87. The fourth-order valence-electron chi connectivity index (χ4n) is 3.29. The number of nitrogens with two attached hydrogens (primary N) is 1. The molecule has 9 heteroatoms. The summed E-state index contributed by atoms with van der Waals surface area (Å²) in [6.45, 7) is 5.60. The van der Waals surface area contributed by atoms with Gasteiger partial charge in [0.15, 0.2) is 5.16 Å². The molecule has 2 heterocycles. The van der Waals surface area contributed by atoms with Crippen molar-refractivity contribution in [2.24, 2.45) is 5.73 Å². The molecule has 0 radical (unpaired) electrons. The Kier molecular flexibility index (Phi) is 5.38. The van der Waals surface area contributed by atoms with E-state index in [9.17, 15) is 14.4 Å². The van der Waals surface area contributed by atoms with Gasteiger partial charge in [-0.25, -0.2) is 9.78 Å². The van der Waals surface area contributed by atoms with E-state index in [4.69, 9.17) is 10.7 Å². The lowest BCUT2D eigenvalue weighted by molar-refractivity contribution is -0.119. The molecule has 26 heavy (non-hydrogen) atoms. The molecule has 0 aliphatic heterocycles. The van der Waals surface area contributed by atoms with Crippen molar-refractivity contribution in [2.75, 3.05) is 0 Å². The molecule has 1 aliphatic rings. The lowest BCUT2D eigenvalue weighted by atomic mass is 10.2. The zero-order valence-corrected chi connectivity index (χ0v) is 16.6. The first-order valence-electron chi connectivity index (χ1n) is 8.58. The molecule has 0 aromatic carbocycles. The van der Waals surface area contributed by atoms with E-state index in [2.05, 4.69) is 5.32 Å². The highest BCUT2D eigenvalue weighted by atomic mass is 32.2. The molecule has 140 valence electrons. The summed E-state index contributed by atoms with van der Waals surface area (Å²) in [6, 6.07) is -0.781. The van der Waals surface area contributed by atoms with Crippen LogP contribution in [0.4, 0.5) is 4.79 Å². The first-order valence-corrected chi connectivity index (χ1v) is 10.3. The molecule has 1 atom stereocenters. The van der Waals surface area contributed by atoms with Gasteiger partial charge in [-0.3, -0.25) is 19.5 Å². The number of nitrogens with zero attached hydrogens (tertiary/aromatic N) is 2. The van der Waals surface area contributed by atoms with Crippen molar-refractivity contribution in [3.05, 3.63) is 20.8 Å². The third kappa shape index (κ3) is 3.50. The molecule has 0 spiro atoms. The standard InChI is InChI=1S/C17H22N4O3S2/c1-8-9(2)25-14-12(8)15(23)21(11-6-4-5-7-11)17(20-14)26-10(3)13(22)19-16(18)24/h10-11H,4-7H2,1-3H3,(H3,18,19,22,24)/t10-/m1/s1. The molecule has 7 nitrogen and oxygen atoms in total. The molecule has 3 rings (SSSR count). The monoisotopic (exact) mass is 394 g/mol. The number of fused-ring (bicyclic) bond motifs is 1. The van der Waals surface area contributed by atoms with Crippen molar-refractivity contribution >= 4 is 45.3 Å². The maximum Gasteiger partial charge on any atom is 0.318 e. The number of aromatic nitrogens is 2. The summed E-state index contributed by atoms with van der Waals surface area (Å²) in [4.78, 5) is 42.7. The lowest BCUT2D eigenvalue weighted by Gasteiger charge is -2.19.